The highest BCUT2D eigenvalue weighted by Crippen LogP contribution is 2.18. The number of ether oxygens (including phenoxy) is 1. The van der Waals surface area contributed by atoms with Gasteiger partial charge in [-0.05, 0) is 23.4 Å². The van der Waals surface area contributed by atoms with Crippen molar-refractivity contribution in [3.63, 3.8) is 0 Å². The predicted octanol–water partition coefficient (Wildman–Crippen LogP) is 0.633. The lowest BCUT2D eigenvalue weighted by Gasteiger charge is -2.04. The number of tetrazole rings is 1. The first-order valence-corrected chi connectivity index (χ1v) is 6.41. The Morgan fingerprint density at radius 2 is 2.37 bits per heavy atom. The van der Waals surface area contributed by atoms with Crippen LogP contribution in [0.4, 0.5) is 0 Å². The van der Waals surface area contributed by atoms with Gasteiger partial charge in [0, 0.05) is 6.07 Å². The minimum Gasteiger partial charge on any atom is -0.481 e. The number of carbonyl (C=O) groups is 1. The van der Waals surface area contributed by atoms with E-state index in [0.29, 0.717) is 23.3 Å². The summed E-state index contributed by atoms with van der Waals surface area (Å²) in [7, 11) is 0. The van der Waals surface area contributed by atoms with Crippen molar-refractivity contribution in [3.8, 4) is 11.6 Å². The SMILES string of the molecule is CCOc1ccc(-n2nnnc2SCC(=O)O)cn1. The number of hydrogen-bond donors (Lipinski definition) is 1. The van der Waals surface area contributed by atoms with Gasteiger partial charge in [-0.3, -0.25) is 4.79 Å². The fourth-order valence-corrected chi connectivity index (χ4v) is 1.90. The molecular formula is C10H11N5O3S. The van der Waals surface area contributed by atoms with Gasteiger partial charge in [0.1, 0.15) is 0 Å². The summed E-state index contributed by atoms with van der Waals surface area (Å²) in [6.07, 6.45) is 1.56. The fraction of sp³-hybridized carbons (Fsp3) is 0.300. The summed E-state index contributed by atoms with van der Waals surface area (Å²) in [4.78, 5) is 14.6. The summed E-state index contributed by atoms with van der Waals surface area (Å²) in [6.45, 7) is 2.41. The van der Waals surface area contributed by atoms with E-state index in [9.17, 15) is 4.79 Å². The van der Waals surface area contributed by atoms with E-state index in [1.54, 1.807) is 18.3 Å². The van der Waals surface area contributed by atoms with Gasteiger partial charge in [-0.1, -0.05) is 11.8 Å². The zero-order chi connectivity index (χ0) is 13.7. The molecule has 0 saturated carbocycles. The topological polar surface area (TPSA) is 103 Å². The van der Waals surface area contributed by atoms with Crippen LogP contribution in [-0.4, -0.2) is 48.6 Å². The smallest absolute Gasteiger partial charge is 0.313 e. The number of aliphatic carboxylic acids is 1. The van der Waals surface area contributed by atoms with Crippen molar-refractivity contribution >= 4 is 17.7 Å². The molecule has 0 aliphatic rings. The Labute approximate surface area is 112 Å². The molecule has 19 heavy (non-hydrogen) atoms. The summed E-state index contributed by atoms with van der Waals surface area (Å²) in [5.41, 5.74) is 0.640. The van der Waals surface area contributed by atoms with Crippen LogP contribution in [0.15, 0.2) is 23.5 Å². The number of carboxylic acid groups (broad SMARTS) is 1. The van der Waals surface area contributed by atoms with Crippen LogP contribution in [0.25, 0.3) is 5.69 Å². The summed E-state index contributed by atoms with van der Waals surface area (Å²) in [5, 5.41) is 20.1. The first-order valence-electron chi connectivity index (χ1n) is 5.43. The Morgan fingerprint density at radius 3 is 3.00 bits per heavy atom. The predicted molar refractivity (Wildman–Crippen MR) is 66.5 cm³/mol. The molecule has 0 saturated heterocycles. The average Bonchev–Trinajstić information content (AvgIpc) is 2.86. The molecule has 2 heterocycles. The molecule has 0 fully saturated rings. The zero-order valence-electron chi connectivity index (χ0n) is 10.1. The van der Waals surface area contributed by atoms with Crippen molar-refractivity contribution in [1.29, 1.82) is 0 Å². The average molecular weight is 281 g/mol. The summed E-state index contributed by atoms with van der Waals surface area (Å²) in [6, 6.07) is 3.45. The second kappa shape index (κ2) is 6.14. The molecule has 2 aromatic heterocycles. The molecule has 0 atom stereocenters. The lowest BCUT2D eigenvalue weighted by molar-refractivity contribution is -0.133. The highest BCUT2D eigenvalue weighted by Gasteiger charge is 2.11. The van der Waals surface area contributed by atoms with E-state index < -0.39 is 5.97 Å². The molecule has 8 nitrogen and oxygen atoms in total. The van der Waals surface area contributed by atoms with Gasteiger partial charge in [0.25, 0.3) is 0 Å². The highest BCUT2D eigenvalue weighted by molar-refractivity contribution is 7.99. The van der Waals surface area contributed by atoms with Gasteiger partial charge >= 0.3 is 5.97 Å². The molecule has 0 bridgehead atoms. The van der Waals surface area contributed by atoms with Crippen molar-refractivity contribution in [2.24, 2.45) is 0 Å². The minimum absolute atomic E-state index is 0.106. The van der Waals surface area contributed by atoms with E-state index in [4.69, 9.17) is 9.84 Å². The van der Waals surface area contributed by atoms with Crippen molar-refractivity contribution in [3.05, 3.63) is 18.3 Å². The van der Waals surface area contributed by atoms with Gasteiger partial charge in [0.05, 0.1) is 24.2 Å². The number of thioether (sulfide) groups is 1. The van der Waals surface area contributed by atoms with E-state index >= 15 is 0 Å². The highest BCUT2D eigenvalue weighted by atomic mass is 32.2. The maximum atomic E-state index is 10.5. The standard InChI is InChI=1S/C10H11N5O3S/c1-2-18-8-4-3-7(5-11-8)15-10(12-13-14-15)19-6-9(16)17/h3-5H,2,6H2,1H3,(H,16,17). The van der Waals surface area contributed by atoms with Gasteiger partial charge < -0.3 is 9.84 Å². The van der Waals surface area contributed by atoms with E-state index in [0.717, 1.165) is 11.8 Å². The lowest BCUT2D eigenvalue weighted by atomic mass is 10.4. The molecule has 0 spiro atoms. The van der Waals surface area contributed by atoms with Crippen LogP contribution in [0.1, 0.15) is 6.92 Å². The number of nitrogens with zero attached hydrogens (tertiary/aromatic N) is 5. The number of pyridine rings is 1. The Kier molecular flexibility index (Phi) is 4.29. The number of hydrogen-bond acceptors (Lipinski definition) is 7. The van der Waals surface area contributed by atoms with Crippen molar-refractivity contribution < 1.29 is 14.6 Å². The second-order valence-corrected chi connectivity index (χ2v) is 4.29. The lowest BCUT2D eigenvalue weighted by Crippen LogP contribution is -2.03. The van der Waals surface area contributed by atoms with Gasteiger partial charge in [-0.15, -0.1) is 5.10 Å². The Balaban J connectivity index is 2.17. The fourth-order valence-electron chi connectivity index (χ4n) is 1.29. The summed E-state index contributed by atoms with van der Waals surface area (Å²) < 4.78 is 6.66. The van der Waals surface area contributed by atoms with Crippen LogP contribution in [0.3, 0.4) is 0 Å². The van der Waals surface area contributed by atoms with Gasteiger partial charge in [-0.25, -0.2) is 4.98 Å². The number of aromatic nitrogens is 5. The van der Waals surface area contributed by atoms with E-state index in [1.807, 2.05) is 6.92 Å². The minimum atomic E-state index is -0.927. The van der Waals surface area contributed by atoms with Crippen LogP contribution >= 0.6 is 11.8 Å². The maximum absolute atomic E-state index is 10.5. The molecule has 0 aromatic carbocycles. The summed E-state index contributed by atoms with van der Waals surface area (Å²) >= 11 is 1.04. The number of rotatable bonds is 6. The quantitative estimate of drug-likeness (QED) is 0.769. The second-order valence-electron chi connectivity index (χ2n) is 3.34. The van der Waals surface area contributed by atoms with Crippen molar-refractivity contribution in [2.45, 2.75) is 12.1 Å². The van der Waals surface area contributed by atoms with Crippen LogP contribution in [-0.2, 0) is 4.79 Å². The van der Waals surface area contributed by atoms with Crippen LogP contribution in [0.5, 0.6) is 5.88 Å². The molecule has 0 aliphatic carbocycles. The normalized spacial score (nSPS) is 10.4. The first-order chi connectivity index (χ1) is 9.20. The Hall–Kier alpha value is -2.16. The third-order valence-electron chi connectivity index (χ3n) is 2.02. The third kappa shape index (κ3) is 3.41. The van der Waals surface area contributed by atoms with E-state index in [-0.39, 0.29) is 5.75 Å². The third-order valence-corrected chi connectivity index (χ3v) is 2.93. The monoisotopic (exact) mass is 281 g/mol. The molecule has 0 aliphatic heterocycles. The molecule has 100 valence electrons. The first kappa shape index (κ1) is 13.3. The van der Waals surface area contributed by atoms with Crippen molar-refractivity contribution in [2.75, 3.05) is 12.4 Å². The molecule has 9 heteroatoms. The zero-order valence-corrected chi connectivity index (χ0v) is 10.9. The molecule has 0 radical (unpaired) electrons. The van der Waals surface area contributed by atoms with Crippen LogP contribution in [0, 0.1) is 0 Å². The molecular weight excluding hydrogens is 270 g/mol. The largest absolute Gasteiger partial charge is 0.481 e. The van der Waals surface area contributed by atoms with Gasteiger partial charge in [0.15, 0.2) is 0 Å². The molecule has 0 amide bonds. The summed E-state index contributed by atoms with van der Waals surface area (Å²) in [5.74, 6) is -0.520. The molecule has 2 aromatic rings. The Bertz CT molecular complexity index is 557. The molecule has 2 rings (SSSR count). The Morgan fingerprint density at radius 1 is 1.53 bits per heavy atom. The number of carboxylic acids is 1. The van der Waals surface area contributed by atoms with E-state index in [2.05, 4.69) is 20.5 Å². The molecule has 1 N–H and O–H groups in total. The van der Waals surface area contributed by atoms with Gasteiger partial charge in [0.2, 0.25) is 11.0 Å². The van der Waals surface area contributed by atoms with E-state index in [1.165, 1.54) is 4.68 Å². The maximum Gasteiger partial charge on any atom is 0.313 e. The van der Waals surface area contributed by atoms with Crippen molar-refractivity contribution in [1.82, 2.24) is 25.2 Å². The van der Waals surface area contributed by atoms with Crippen LogP contribution in [0.2, 0.25) is 0 Å². The van der Waals surface area contributed by atoms with Gasteiger partial charge in [-0.2, -0.15) is 4.68 Å². The molecule has 0 unspecified atom stereocenters. The van der Waals surface area contributed by atoms with Crippen LogP contribution < -0.4 is 4.74 Å².